The number of allylic oxidation sites excluding steroid dienone is 3. The molecule has 0 fully saturated rings. The Hall–Kier alpha value is -4.19. The maximum absolute atomic E-state index is 12.8. The molecule has 5 rings (SSSR count). The van der Waals surface area contributed by atoms with Crippen molar-refractivity contribution in [2.75, 3.05) is 0 Å². The molecule has 2 aromatic carbocycles. The highest BCUT2D eigenvalue weighted by Gasteiger charge is 2.20. The Morgan fingerprint density at radius 3 is 2.72 bits per heavy atom. The van der Waals surface area contributed by atoms with E-state index in [2.05, 4.69) is 15.4 Å². The smallest absolute Gasteiger partial charge is 0.258 e. The minimum atomic E-state index is -0.260. The van der Waals surface area contributed by atoms with E-state index in [1.54, 1.807) is 29.2 Å². The highest BCUT2D eigenvalue weighted by atomic mass is 16.1. The van der Waals surface area contributed by atoms with E-state index in [9.17, 15) is 9.59 Å². The molecule has 6 nitrogen and oxygen atoms in total. The van der Waals surface area contributed by atoms with E-state index in [-0.39, 0.29) is 24.2 Å². The van der Waals surface area contributed by atoms with Gasteiger partial charge in [-0.05, 0) is 30.7 Å². The Morgan fingerprint density at radius 1 is 1.12 bits per heavy atom. The zero-order valence-corrected chi connectivity index (χ0v) is 17.6. The molecule has 0 radical (unpaired) electrons. The third kappa shape index (κ3) is 3.78. The number of carbonyl (C=O) groups is 2. The standard InChI is InChI=1S/C26H22N4O2/c1-17(18-7-3-2-4-8-18)30-16-20(15-27-30)26(32)28-21-11-12-25(31)22(14-21)24-13-19-9-5-6-10-23(19)29-24/h2-11,13-17,29H,12H2,1H3,(H,28,32)/t17-/m1/s1. The van der Waals surface area contributed by atoms with Gasteiger partial charge in [0.15, 0.2) is 5.78 Å². The molecule has 4 aromatic rings. The van der Waals surface area contributed by atoms with Crippen LogP contribution in [0.15, 0.2) is 90.9 Å². The second-order valence-corrected chi connectivity index (χ2v) is 7.86. The van der Waals surface area contributed by atoms with E-state index >= 15 is 0 Å². The number of H-pyrrole nitrogens is 1. The fourth-order valence-corrected chi connectivity index (χ4v) is 3.90. The third-order valence-corrected chi connectivity index (χ3v) is 5.73. The van der Waals surface area contributed by atoms with Gasteiger partial charge in [0.05, 0.1) is 23.5 Å². The van der Waals surface area contributed by atoms with E-state index in [1.165, 1.54) is 0 Å². The number of para-hydroxylation sites is 1. The summed E-state index contributed by atoms with van der Waals surface area (Å²) < 4.78 is 1.77. The summed E-state index contributed by atoms with van der Waals surface area (Å²) in [5.74, 6) is -0.247. The number of fused-ring (bicyclic) bond motifs is 1. The van der Waals surface area contributed by atoms with E-state index in [1.807, 2.05) is 67.6 Å². The van der Waals surface area contributed by atoms with Crippen molar-refractivity contribution in [3.63, 3.8) is 0 Å². The molecule has 2 heterocycles. The maximum atomic E-state index is 12.8. The summed E-state index contributed by atoms with van der Waals surface area (Å²) in [5.41, 5.74) is 4.46. The van der Waals surface area contributed by atoms with Gasteiger partial charge < -0.3 is 10.3 Å². The number of hydrogen-bond donors (Lipinski definition) is 2. The van der Waals surface area contributed by atoms with Crippen LogP contribution in [-0.2, 0) is 4.79 Å². The lowest BCUT2D eigenvalue weighted by Crippen LogP contribution is -2.23. The van der Waals surface area contributed by atoms with Gasteiger partial charge in [-0.2, -0.15) is 5.10 Å². The van der Waals surface area contributed by atoms with Crippen molar-refractivity contribution in [1.82, 2.24) is 20.1 Å². The summed E-state index contributed by atoms with van der Waals surface area (Å²) in [6, 6.07) is 19.8. The second-order valence-electron chi connectivity index (χ2n) is 7.86. The molecule has 2 aromatic heterocycles. The number of aromatic amines is 1. The highest BCUT2D eigenvalue weighted by Crippen LogP contribution is 2.26. The number of aromatic nitrogens is 3. The number of amides is 1. The van der Waals surface area contributed by atoms with Crippen LogP contribution in [0.1, 0.15) is 41.0 Å². The van der Waals surface area contributed by atoms with Crippen molar-refractivity contribution in [1.29, 1.82) is 0 Å². The van der Waals surface area contributed by atoms with E-state index in [0.29, 0.717) is 16.8 Å². The van der Waals surface area contributed by atoms with Gasteiger partial charge >= 0.3 is 0 Å². The highest BCUT2D eigenvalue weighted by molar-refractivity contribution is 6.23. The molecular formula is C26H22N4O2. The van der Waals surface area contributed by atoms with Gasteiger partial charge in [0.1, 0.15) is 0 Å². The first-order valence-corrected chi connectivity index (χ1v) is 10.5. The van der Waals surface area contributed by atoms with Crippen LogP contribution in [0.2, 0.25) is 0 Å². The third-order valence-electron chi connectivity index (χ3n) is 5.73. The first-order chi connectivity index (χ1) is 15.6. The van der Waals surface area contributed by atoms with Crippen LogP contribution in [0.5, 0.6) is 0 Å². The molecule has 0 spiro atoms. The molecule has 0 bridgehead atoms. The number of carbonyl (C=O) groups excluding carboxylic acids is 2. The van der Waals surface area contributed by atoms with Crippen LogP contribution < -0.4 is 5.32 Å². The molecule has 1 atom stereocenters. The molecule has 1 aliphatic carbocycles. The molecule has 32 heavy (non-hydrogen) atoms. The fraction of sp³-hybridized carbons (Fsp3) is 0.115. The van der Waals surface area contributed by atoms with Crippen LogP contribution in [0.4, 0.5) is 0 Å². The van der Waals surface area contributed by atoms with Crippen molar-refractivity contribution in [2.24, 2.45) is 0 Å². The molecule has 1 amide bonds. The minimum absolute atomic E-state index is 0.0118. The number of nitrogens with one attached hydrogen (secondary N) is 2. The van der Waals surface area contributed by atoms with Crippen LogP contribution in [-0.4, -0.2) is 26.5 Å². The van der Waals surface area contributed by atoms with Crippen molar-refractivity contribution in [3.8, 4) is 0 Å². The SMILES string of the molecule is C[C@H](c1ccccc1)n1cc(C(=O)NC2=CCC(=O)C(c3cc4ccccc4[nH]3)=C2)cn1. The first kappa shape index (κ1) is 19.8. The fourth-order valence-electron chi connectivity index (χ4n) is 3.90. The van der Waals surface area contributed by atoms with Gasteiger partial charge in [-0.15, -0.1) is 0 Å². The van der Waals surface area contributed by atoms with Crippen molar-refractivity contribution < 1.29 is 9.59 Å². The molecule has 6 heteroatoms. The Kier molecular flexibility index (Phi) is 5.03. The number of Topliss-reactive ketones (excluding diaryl/α,β-unsaturated/α-hetero) is 1. The average Bonchev–Trinajstić information content (AvgIpc) is 3.48. The Balaban J connectivity index is 1.34. The summed E-state index contributed by atoms with van der Waals surface area (Å²) in [6.45, 7) is 2.04. The van der Waals surface area contributed by atoms with E-state index < -0.39 is 0 Å². The van der Waals surface area contributed by atoms with Crippen LogP contribution in [0.3, 0.4) is 0 Å². The second kappa shape index (κ2) is 8.15. The molecular weight excluding hydrogens is 400 g/mol. The lowest BCUT2D eigenvalue weighted by Gasteiger charge is -2.13. The summed E-state index contributed by atoms with van der Waals surface area (Å²) in [7, 11) is 0. The largest absolute Gasteiger partial charge is 0.354 e. The lowest BCUT2D eigenvalue weighted by atomic mass is 9.98. The molecule has 158 valence electrons. The van der Waals surface area contributed by atoms with Gasteiger partial charge in [0.2, 0.25) is 0 Å². The summed E-state index contributed by atoms with van der Waals surface area (Å²) in [4.78, 5) is 28.6. The zero-order valence-electron chi connectivity index (χ0n) is 17.6. The van der Waals surface area contributed by atoms with E-state index in [4.69, 9.17) is 0 Å². The van der Waals surface area contributed by atoms with Crippen LogP contribution >= 0.6 is 0 Å². The van der Waals surface area contributed by atoms with E-state index in [0.717, 1.165) is 22.2 Å². The molecule has 0 unspecified atom stereocenters. The van der Waals surface area contributed by atoms with Gasteiger partial charge in [-0.1, -0.05) is 54.6 Å². The maximum Gasteiger partial charge on any atom is 0.258 e. The molecule has 2 N–H and O–H groups in total. The number of rotatable bonds is 5. The Bertz CT molecular complexity index is 1340. The molecule has 0 saturated carbocycles. The number of ketones is 1. The Morgan fingerprint density at radius 2 is 1.91 bits per heavy atom. The lowest BCUT2D eigenvalue weighted by molar-refractivity contribution is -0.113. The number of nitrogens with zero attached hydrogens (tertiary/aromatic N) is 2. The van der Waals surface area contributed by atoms with Crippen LogP contribution in [0, 0.1) is 0 Å². The van der Waals surface area contributed by atoms with Crippen molar-refractivity contribution >= 4 is 28.2 Å². The predicted octanol–water partition coefficient (Wildman–Crippen LogP) is 4.64. The quantitative estimate of drug-likeness (QED) is 0.492. The predicted molar refractivity (Wildman–Crippen MR) is 124 cm³/mol. The summed E-state index contributed by atoms with van der Waals surface area (Å²) in [6.07, 6.45) is 7.01. The first-order valence-electron chi connectivity index (χ1n) is 10.5. The average molecular weight is 422 g/mol. The van der Waals surface area contributed by atoms with Gasteiger partial charge in [-0.3, -0.25) is 14.3 Å². The summed E-state index contributed by atoms with van der Waals surface area (Å²) in [5, 5.41) is 8.31. The van der Waals surface area contributed by atoms with Gasteiger partial charge in [0, 0.05) is 34.8 Å². The van der Waals surface area contributed by atoms with Gasteiger partial charge in [0.25, 0.3) is 5.91 Å². The zero-order chi connectivity index (χ0) is 22.1. The summed E-state index contributed by atoms with van der Waals surface area (Å²) >= 11 is 0. The monoisotopic (exact) mass is 422 g/mol. The number of hydrogen-bond acceptors (Lipinski definition) is 3. The minimum Gasteiger partial charge on any atom is -0.354 e. The Labute approximate surface area is 185 Å². The molecule has 0 saturated heterocycles. The van der Waals surface area contributed by atoms with Crippen molar-refractivity contribution in [3.05, 3.63) is 108 Å². The molecule has 1 aliphatic rings. The van der Waals surface area contributed by atoms with Gasteiger partial charge in [-0.25, -0.2) is 0 Å². The molecule has 0 aliphatic heterocycles. The normalized spacial score (nSPS) is 14.7. The van der Waals surface area contributed by atoms with Crippen molar-refractivity contribution in [2.45, 2.75) is 19.4 Å². The topological polar surface area (TPSA) is 79.8 Å². The number of benzene rings is 2. The van der Waals surface area contributed by atoms with Crippen LogP contribution in [0.25, 0.3) is 16.5 Å².